The Morgan fingerprint density at radius 3 is 2.56 bits per heavy atom. The van der Waals surface area contributed by atoms with Crippen molar-refractivity contribution in [2.45, 2.75) is 13.5 Å². The maximum absolute atomic E-state index is 11.4. The highest BCUT2D eigenvalue weighted by atomic mass is 127. The van der Waals surface area contributed by atoms with E-state index in [1.165, 1.54) is 0 Å². The maximum atomic E-state index is 11.4. The van der Waals surface area contributed by atoms with Gasteiger partial charge in [-0.15, -0.1) is 24.0 Å². The SMILES string of the molecule is CN=C(NCc1cn2cc(Br)ccc2n1)N1CCN(C(C)=O)CC1.I. The summed E-state index contributed by atoms with van der Waals surface area (Å²) in [5, 5.41) is 3.36. The van der Waals surface area contributed by atoms with Crippen molar-refractivity contribution >= 4 is 57.4 Å². The molecule has 0 bridgehead atoms. The van der Waals surface area contributed by atoms with E-state index in [4.69, 9.17) is 0 Å². The number of pyridine rings is 1. The van der Waals surface area contributed by atoms with Gasteiger partial charge >= 0.3 is 0 Å². The van der Waals surface area contributed by atoms with Crippen molar-refractivity contribution in [1.29, 1.82) is 0 Å². The summed E-state index contributed by atoms with van der Waals surface area (Å²) in [5.41, 5.74) is 1.87. The zero-order valence-electron chi connectivity index (χ0n) is 14.3. The minimum absolute atomic E-state index is 0. The molecular weight excluding hydrogens is 499 g/mol. The largest absolute Gasteiger partial charge is 0.351 e. The third-order valence-corrected chi connectivity index (χ3v) is 4.60. The number of carbonyl (C=O) groups excluding carboxylic acids is 1. The molecule has 3 heterocycles. The second-order valence-electron chi connectivity index (χ2n) is 5.74. The number of halogens is 2. The molecule has 136 valence electrons. The number of aliphatic imine (C=N–C) groups is 1. The number of hydrogen-bond donors (Lipinski definition) is 1. The van der Waals surface area contributed by atoms with Gasteiger partial charge in [-0.1, -0.05) is 0 Å². The second kappa shape index (κ2) is 8.84. The lowest BCUT2D eigenvalue weighted by Gasteiger charge is -2.36. The Kier molecular flexibility index (Phi) is 7.05. The van der Waals surface area contributed by atoms with Crippen LogP contribution < -0.4 is 5.32 Å². The molecule has 0 spiro atoms. The quantitative estimate of drug-likeness (QED) is 0.373. The van der Waals surface area contributed by atoms with Gasteiger partial charge in [-0.25, -0.2) is 4.98 Å². The van der Waals surface area contributed by atoms with Crippen LogP contribution in [0.3, 0.4) is 0 Å². The van der Waals surface area contributed by atoms with E-state index in [0.717, 1.165) is 48.0 Å². The van der Waals surface area contributed by atoms with Crippen LogP contribution in [-0.2, 0) is 11.3 Å². The average molecular weight is 521 g/mol. The summed E-state index contributed by atoms with van der Waals surface area (Å²) in [4.78, 5) is 24.4. The van der Waals surface area contributed by atoms with Crippen molar-refractivity contribution in [3.05, 3.63) is 34.7 Å². The number of guanidine groups is 1. The molecule has 0 radical (unpaired) electrons. The van der Waals surface area contributed by atoms with Crippen molar-refractivity contribution in [3.8, 4) is 0 Å². The normalized spacial score (nSPS) is 15.2. The number of imidazole rings is 1. The van der Waals surface area contributed by atoms with Crippen molar-refractivity contribution in [2.24, 2.45) is 4.99 Å². The van der Waals surface area contributed by atoms with E-state index < -0.39 is 0 Å². The van der Waals surface area contributed by atoms with E-state index in [1.807, 2.05) is 33.8 Å². The monoisotopic (exact) mass is 520 g/mol. The van der Waals surface area contributed by atoms with Crippen LogP contribution >= 0.6 is 39.9 Å². The molecule has 9 heteroatoms. The summed E-state index contributed by atoms with van der Waals surface area (Å²) in [6.45, 7) is 5.27. The lowest BCUT2D eigenvalue weighted by molar-refractivity contribution is -0.130. The zero-order valence-corrected chi connectivity index (χ0v) is 18.2. The van der Waals surface area contributed by atoms with Gasteiger partial charge < -0.3 is 19.5 Å². The summed E-state index contributed by atoms with van der Waals surface area (Å²) >= 11 is 3.46. The van der Waals surface area contributed by atoms with E-state index >= 15 is 0 Å². The van der Waals surface area contributed by atoms with Gasteiger partial charge in [-0.3, -0.25) is 9.79 Å². The molecule has 1 aliphatic heterocycles. The fourth-order valence-electron chi connectivity index (χ4n) is 2.84. The standard InChI is InChI=1S/C16H21BrN6O.HI/c1-12(24)21-5-7-22(8-6-21)16(18-2)19-9-14-11-23-10-13(17)3-4-15(23)20-14;/h3-4,10-11H,5-9H2,1-2H3,(H,18,19);1H. The van der Waals surface area contributed by atoms with E-state index in [-0.39, 0.29) is 29.9 Å². The first-order chi connectivity index (χ1) is 11.6. The fourth-order valence-corrected chi connectivity index (χ4v) is 3.19. The van der Waals surface area contributed by atoms with E-state index in [0.29, 0.717) is 6.54 Å². The number of piperazine rings is 1. The highest BCUT2D eigenvalue weighted by molar-refractivity contribution is 14.0. The predicted octanol–water partition coefficient (Wildman–Crippen LogP) is 1.95. The average Bonchev–Trinajstić information content (AvgIpc) is 2.97. The van der Waals surface area contributed by atoms with E-state index in [2.05, 4.69) is 36.1 Å². The number of hydrogen-bond acceptors (Lipinski definition) is 3. The van der Waals surface area contributed by atoms with Crippen molar-refractivity contribution in [1.82, 2.24) is 24.5 Å². The molecule has 0 aromatic carbocycles. The number of nitrogens with one attached hydrogen (secondary N) is 1. The number of fused-ring (bicyclic) bond motifs is 1. The maximum Gasteiger partial charge on any atom is 0.219 e. The van der Waals surface area contributed by atoms with Crippen LogP contribution in [-0.4, -0.2) is 64.3 Å². The van der Waals surface area contributed by atoms with Gasteiger partial charge in [-0.2, -0.15) is 0 Å². The first-order valence-corrected chi connectivity index (χ1v) is 8.70. The molecule has 0 unspecified atom stereocenters. The smallest absolute Gasteiger partial charge is 0.219 e. The van der Waals surface area contributed by atoms with E-state index in [9.17, 15) is 4.79 Å². The summed E-state index contributed by atoms with van der Waals surface area (Å²) in [5.74, 6) is 0.977. The Morgan fingerprint density at radius 1 is 1.24 bits per heavy atom. The zero-order chi connectivity index (χ0) is 17.1. The van der Waals surface area contributed by atoms with E-state index in [1.54, 1.807) is 14.0 Å². The van der Waals surface area contributed by atoms with Crippen molar-refractivity contribution < 1.29 is 4.79 Å². The molecule has 0 saturated carbocycles. The Balaban J connectivity index is 0.00000225. The van der Waals surface area contributed by atoms with Gasteiger partial charge in [0.25, 0.3) is 0 Å². The minimum atomic E-state index is 0. The second-order valence-corrected chi connectivity index (χ2v) is 6.65. The van der Waals surface area contributed by atoms with Gasteiger partial charge in [-0.05, 0) is 28.1 Å². The van der Waals surface area contributed by atoms with Crippen LogP contribution in [0.1, 0.15) is 12.6 Å². The van der Waals surface area contributed by atoms with Crippen LogP contribution in [0.5, 0.6) is 0 Å². The van der Waals surface area contributed by atoms with Gasteiger partial charge in [0.2, 0.25) is 5.91 Å². The molecule has 2 aromatic heterocycles. The molecule has 0 aliphatic carbocycles. The highest BCUT2D eigenvalue weighted by Crippen LogP contribution is 2.12. The number of aromatic nitrogens is 2. The Labute approximate surface area is 172 Å². The van der Waals surface area contributed by atoms with Crippen molar-refractivity contribution in [2.75, 3.05) is 33.2 Å². The van der Waals surface area contributed by atoms with Crippen LogP contribution in [0.2, 0.25) is 0 Å². The number of nitrogens with zero attached hydrogens (tertiary/aromatic N) is 5. The molecule has 1 saturated heterocycles. The van der Waals surface area contributed by atoms with Crippen LogP contribution in [0.4, 0.5) is 0 Å². The van der Waals surface area contributed by atoms with Gasteiger partial charge in [0.1, 0.15) is 5.65 Å². The number of amides is 1. The first kappa shape index (κ1) is 20.0. The Morgan fingerprint density at radius 2 is 1.92 bits per heavy atom. The molecule has 25 heavy (non-hydrogen) atoms. The molecule has 1 amide bonds. The Bertz CT molecular complexity index is 769. The first-order valence-electron chi connectivity index (χ1n) is 7.91. The highest BCUT2D eigenvalue weighted by Gasteiger charge is 2.20. The molecule has 7 nitrogen and oxygen atoms in total. The Hall–Kier alpha value is -1.36. The number of rotatable bonds is 2. The topological polar surface area (TPSA) is 65.2 Å². The third-order valence-electron chi connectivity index (χ3n) is 4.13. The molecular formula is C16H22BrIN6O. The molecule has 2 aromatic rings. The number of carbonyl (C=O) groups is 1. The molecule has 1 aliphatic rings. The van der Waals surface area contributed by atoms with Gasteiger partial charge in [0, 0.05) is 57.0 Å². The fraction of sp³-hybridized carbons (Fsp3) is 0.438. The molecule has 1 fully saturated rings. The van der Waals surface area contributed by atoms with Gasteiger partial charge in [0.15, 0.2) is 5.96 Å². The van der Waals surface area contributed by atoms with Gasteiger partial charge in [0.05, 0.1) is 12.2 Å². The minimum Gasteiger partial charge on any atom is -0.351 e. The lowest BCUT2D eigenvalue weighted by atomic mass is 10.3. The lowest BCUT2D eigenvalue weighted by Crippen LogP contribution is -2.53. The predicted molar refractivity (Wildman–Crippen MR) is 112 cm³/mol. The van der Waals surface area contributed by atoms with Crippen molar-refractivity contribution in [3.63, 3.8) is 0 Å². The summed E-state index contributed by atoms with van der Waals surface area (Å²) < 4.78 is 3.02. The van der Waals surface area contributed by atoms with Crippen LogP contribution in [0.15, 0.2) is 34.0 Å². The van der Waals surface area contributed by atoms with Crippen LogP contribution in [0, 0.1) is 0 Å². The third kappa shape index (κ3) is 4.84. The molecule has 3 rings (SSSR count). The van der Waals surface area contributed by atoms with Crippen LogP contribution in [0.25, 0.3) is 5.65 Å². The summed E-state index contributed by atoms with van der Waals surface area (Å²) in [7, 11) is 1.78. The molecule has 1 N–H and O–H groups in total. The summed E-state index contributed by atoms with van der Waals surface area (Å²) in [6.07, 6.45) is 4.00. The molecule has 0 atom stereocenters. The summed E-state index contributed by atoms with van der Waals surface area (Å²) in [6, 6.07) is 3.95.